The van der Waals surface area contributed by atoms with Gasteiger partial charge in [-0.05, 0) is 37.8 Å². The molecular weight excluding hydrogens is 322 g/mol. The average molecular weight is 339 g/mol. The second-order valence-corrected chi connectivity index (χ2v) is 6.91. The summed E-state index contributed by atoms with van der Waals surface area (Å²) < 4.78 is 5.12. The Kier molecular flexibility index (Phi) is 3.90. The maximum atomic E-state index is 12.5. The van der Waals surface area contributed by atoms with E-state index in [2.05, 4.69) is 10.5 Å². The number of hydrogen-bond acceptors (Lipinski definition) is 5. The minimum Gasteiger partial charge on any atom is -0.361 e. The zero-order valence-corrected chi connectivity index (χ0v) is 14.0. The van der Waals surface area contributed by atoms with Crippen molar-refractivity contribution in [2.24, 2.45) is 5.92 Å². The van der Waals surface area contributed by atoms with Gasteiger partial charge >= 0.3 is 0 Å². The maximum Gasteiger partial charge on any atom is 0.251 e. The summed E-state index contributed by atoms with van der Waals surface area (Å²) in [4.78, 5) is 17.2. The lowest BCUT2D eigenvalue weighted by molar-refractivity contribution is 0.0931. The molecule has 1 aromatic carbocycles. The van der Waals surface area contributed by atoms with Crippen molar-refractivity contribution in [1.82, 2.24) is 15.5 Å². The van der Waals surface area contributed by atoms with Crippen LogP contribution in [-0.4, -0.2) is 16.0 Å². The normalized spacial score (nSPS) is 15.2. The Balaban J connectivity index is 1.57. The van der Waals surface area contributed by atoms with Crippen LogP contribution in [0.2, 0.25) is 0 Å². The largest absolute Gasteiger partial charge is 0.361 e. The number of aryl methyl sites for hydroxylation is 1. The van der Waals surface area contributed by atoms with Crippen molar-refractivity contribution in [3.05, 3.63) is 58.2 Å². The summed E-state index contributed by atoms with van der Waals surface area (Å²) in [7, 11) is 0. The van der Waals surface area contributed by atoms with Gasteiger partial charge < -0.3 is 9.84 Å². The Morgan fingerprint density at radius 2 is 2.12 bits per heavy atom. The molecule has 1 saturated carbocycles. The predicted molar refractivity (Wildman–Crippen MR) is 91.7 cm³/mol. The number of nitrogens with zero attached hydrogens (tertiary/aromatic N) is 2. The lowest BCUT2D eigenvalue weighted by Gasteiger charge is -2.15. The van der Waals surface area contributed by atoms with E-state index < -0.39 is 0 Å². The van der Waals surface area contributed by atoms with Crippen molar-refractivity contribution in [3.63, 3.8) is 0 Å². The van der Waals surface area contributed by atoms with Crippen LogP contribution in [0.15, 0.2) is 46.4 Å². The van der Waals surface area contributed by atoms with Gasteiger partial charge in [-0.2, -0.15) is 0 Å². The first-order valence-corrected chi connectivity index (χ1v) is 8.83. The fourth-order valence-corrected chi connectivity index (χ4v) is 3.68. The Hall–Kier alpha value is -2.47. The van der Waals surface area contributed by atoms with Crippen LogP contribution in [-0.2, 0) is 0 Å². The molecule has 0 aliphatic heterocycles. The number of amides is 1. The Labute approximate surface area is 143 Å². The van der Waals surface area contributed by atoms with E-state index in [1.165, 1.54) is 0 Å². The molecule has 0 radical (unpaired) electrons. The summed E-state index contributed by atoms with van der Waals surface area (Å²) in [6, 6.07) is 9.27. The molecule has 1 N–H and O–H groups in total. The fourth-order valence-electron chi connectivity index (χ4n) is 2.72. The highest BCUT2D eigenvalue weighted by atomic mass is 32.1. The summed E-state index contributed by atoms with van der Waals surface area (Å²) in [5, 5.41) is 9.90. The second kappa shape index (κ2) is 6.20. The molecule has 1 atom stereocenters. The SMILES string of the molecule is Cc1oncc1-c1csc([C@@H](NC(=O)c2ccccc2)C2CC2)n1. The van der Waals surface area contributed by atoms with Gasteiger partial charge in [0.1, 0.15) is 10.8 Å². The number of nitrogens with one attached hydrogen (secondary N) is 1. The van der Waals surface area contributed by atoms with Crippen LogP contribution in [0, 0.1) is 12.8 Å². The quantitative estimate of drug-likeness (QED) is 0.763. The topological polar surface area (TPSA) is 68.0 Å². The molecule has 2 aromatic heterocycles. The summed E-state index contributed by atoms with van der Waals surface area (Å²) >= 11 is 1.57. The van der Waals surface area contributed by atoms with Gasteiger partial charge in [0.25, 0.3) is 5.91 Å². The molecule has 2 heterocycles. The number of carbonyl (C=O) groups is 1. The Morgan fingerprint density at radius 3 is 2.79 bits per heavy atom. The van der Waals surface area contributed by atoms with Crippen LogP contribution in [0.1, 0.15) is 40.0 Å². The molecule has 0 bridgehead atoms. The van der Waals surface area contributed by atoms with Crippen molar-refractivity contribution in [3.8, 4) is 11.3 Å². The molecule has 4 rings (SSSR count). The molecule has 0 saturated heterocycles. The zero-order chi connectivity index (χ0) is 16.5. The maximum absolute atomic E-state index is 12.5. The molecule has 5 nitrogen and oxygen atoms in total. The Bertz CT molecular complexity index is 852. The minimum atomic E-state index is -0.0505. The van der Waals surface area contributed by atoms with Gasteiger partial charge in [-0.1, -0.05) is 23.4 Å². The number of carbonyl (C=O) groups excluding carboxylic acids is 1. The van der Waals surface area contributed by atoms with E-state index in [9.17, 15) is 4.79 Å². The lowest BCUT2D eigenvalue weighted by Crippen LogP contribution is -2.29. The van der Waals surface area contributed by atoms with E-state index in [0.29, 0.717) is 11.5 Å². The molecule has 0 unspecified atom stereocenters. The first-order chi connectivity index (χ1) is 11.7. The summed E-state index contributed by atoms with van der Waals surface area (Å²) in [5.41, 5.74) is 2.43. The Morgan fingerprint density at radius 1 is 1.33 bits per heavy atom. The molecule has 1 amide bonds. The van der Waals surface area contributed by atoms with E-state index in [1.807, 2.05) is 42.6 Å². The number of hydrogen-bond donors (Lipinski definition) is 1. The van der Waals surface area contributed by atoms with Gasteiger partial charge in [-0.3, -0.25) is 4.79 Å². The van der Waals surface area contributed by atoms with Crippen LogP contribution < -0.4 is 5.32 Å². The predicted octanol–water partition coefficient (Wildman–Crippen LogP) is 3.99. The molecule has 0 spiro atoms. The number of rotatable bonds is 5. The van der Waals surface area contributed by atoms with Crippen molar-refractivity contribution in [1.29, 1.82) is 0 Å². The first-order valence-electron chi connectivity index (χ1n) is 7.95. The smallest absolute Gasteiger partial charge is 0.251 e. The van der Waals surface area contributed by atoms with Crippen LogP contribution in [0.5, 0.6) is 0 Å². The van der Waals surface area contributed by atoms with E-state index in [0.717, 1.165) is 34.9 Å². The van der Waals surface area contributed by atoms with Crippen LogP contribution in [0.25, 0.3) is 11.3 Å². The molecule has 1 fully saturated rings. The van der Waals surface area contributed by atoms with Gasteiger partial charge in [0.2, 0.25) is 0 Å². The van der Waals surface area contributed by atoms with Crippen molar-refractivity contribution >= 4 is 17.2 Å². The highest BCUT2D eigenvalue weighted by molar-refractivity contribution is 7.10. The van der Waals surface area contributed by atoms with Crippen LogP contribution in [0.3, 0.4) is 0 Å². The van der Waals surface area contributed by atoms with Gasteiger partial charge in [0.15, 0.2) is 0 Å². The van der Waals surface area contributed by atoms with Gasteiger partial charge in [-0.25, -0.2) is 4.98 Å². The summed E-state index contributed by atoms with van der Waals surface area (Å²) in [5.74, 6) is 1.17. The van der Waals surface area contributed by atoms with E-state index in [1.54, 1.807) is 17.5 Å². The third-order valence-electron chi connectivity index (χ3n) is 4.23. The van der Waals surface area contributed by atoms with Crippen molar-refractivity contribution in [2.75, 3.05) is 0 Å². The van der Waals surface area contributed by atoms with Gasteiger partial charge in [0, 0.05) is 10.9 Å². The second-order valence-electron chi connectivity index (χ2n) is 6.02. The van der Waals surface area contributed by atoms with E-state index >= 15 is 0 Å². The third-order valence-corrected chi connectivity index (χ3v) is 5.16. The fraction of sp³-hybridized carbons (Fsp3) is 0.278. The van der Waals surface area contributed by atoms with Crippen LogP contribution >= 0.6 is 11.3 Å². The van der Waals surface area contributed by atoms with Crippen LogP contribution in [0.4, 0.5) is 0 Å². The molecule has 3 aromatic rings. The minimum absolute atomic E-state index is 0.0309. The van der Waals surface area contributed by atoms with E-state index in [-0.39, 0.29) is 11.9 Å². The van der Waals surface area contributed by atoms with Crippen molar-refractivity contribution < 1.29 is 9.32 Å². The lowest BCUT2D eigenvalue weighted by atomic mass is 10.1. The highest BCUT2D eigenvalue weighted by Gasteiger charge is 2.35. The van der Waals surface area contributed by atoms with Crippen molar-refractivity contribution in [2.45, 2.75) is 25.8 Å². The average Bonchev–Trinajstić information content (AvgIpc) is 3.17. The molecule has 1 aliphatic carbocycles. The number of thiazole rings is 1. The molecule has 1 aliphatic rings. The molecule has 122 valence electrons. The standard InChI is InChI=1S/C18H17N3O2S/c1-11-14(9-19-23-11)15-10-24-18(20-15)16(12-7-8-12)21-17(22)13-5-3-2-4-6-13/h2-6,9-10,12,16H,7-8H2,1H3,(H,21,22)/t16-/m0/s1. The molecule has 24 heavy (non-hydrogen) atoms. The summed E-state index contributed by atoms with van der Waals surface area (Å²) in [6.07, 6.45) is 3.94. The monoisotopic (exact) mass is 339 g/mol. The molecule has 6 heteroatoms. The number of benzene rings is 1. The van der Waals surface area contributed by atoms with E-state index in [4.69, 9.17) is 9.51 Å². The zero-order valence-electron chi connectivity index (χ0n) is 13.2. The van der Waals surface area contributed by atoms with Gasteiger partial charge in [0.05, 0.1) is 23.5 Å². The first kappa shape index (κ1) is 15.1. The highest BCUT2D eigenvalue weighted by Crippen LogP contribution is 2.42. The van der Waals surface area contributed by atoms with Gasteiger partial charge in [-0.15, -0.1) is 11.3 Å². The summed E-state index contributed by atoms with van der Waals surface area (Å²) in [6.45, 7) is 1.87. The molecular formula is C18H17N3O2S. The number of aromatic nitrogens is 2. The third kappa shape index (κ3) is 2.97.